The minimum Gasteiger partial charge on any atom is -0.481 e. The molecule has 0 aliphatic carbocycles. The van der Waals surface area contributed by atoms with E-state index in [1.54, 1.807) is 7.11 Å². The quantitative estimate of drug-likeness (QED) is 0.550. The van der Waals surface area contributed by atoms with Crippen molar-refractivity contribution >= 4 is 17.7 Å². The first kappa shape index (κ1) is 15.0. The summed E-state index contributed by atoms with van der Waals surface area (Å²) in [6, 6.07) is 0. The Morgan fingerprint density at radius 1 is 1.56 bits per heavy atom. The third kappa shape index (κ3) is 4.70. The summed E-state index contributed by atoms with van der Waals surface area (Å²) in [4.78, 5) is 14.9. The molecule has 1 heterocycles. The zero-order chi connectivity index (χ0) is 13.4. The van der Waals surface area contributed by atoms with Gasteiger partial charge in [0.15, 0.2) is 5.16 Å². The van der Waals surface area contributed by atoms with Crippen LogP contribution < -0.4 is 0 Å². The molecule has 0 aromatic carbocycles. The summed E-state index contributed by atoms with van der Waals surface area (Å²) in [5.41, 5.74) is 1.15. The van der Waals surface area contributed by atoms with E-state index in [0.717, 1.165) is 43.3 Å². The predicted molar refractivity (Wildman–Crippen MR) is 71.1 cm³/mol. The van der Waals surface area contributed by atoms with Crippen molar-refractivity contribution in [3.8, 4) is 0 Å². The van der Waals surface area contributed by atoms with Crippen LogP contribution in [-0.2, 0) is 22.5 Å². The lowest BCUT2D eigenvalue weighted by Gasteiger charge is -2.10. The molecule has 1 rings (SSSR count). The Balaban J connectivity index is 2.60. The second-order valence-electron chi connectivity index (χ2n) is 3.92. The van der Waals surface area contributed by atoms with Gasteiger partial charge in [-0.15, -0.1) is 0 Å². The normalized spacial score (nSPS) is 10.8. The smallest absolute Gasteiger partial charge is 0.313 e. The molecule has 0 fully saturated rings. The van der Waals surface area contributed by atoms with Gasteiger partial charge in [0.2, 0.25) is 0 Å². The highest BCUT2D eigenvalue weighted by Gasteiger charge is 2.10. The van der Waals surface area contributed by atoms with Crippen molar-refractivity contribution < 1.29 is 14.6 Å². The molecule has 1 aromatic heterocycles. The van der Waals surface area contributed by atoms with Crippen LogP contribution in [0.3, 0.4) is 0 Å². The molecule has 0 atom stereocenters. The highest BCUT2D eigenvalue weighted by molar-refractivity contribution is 7.99. The first-order chi connectivity index (χ1) is 8.69. The van der Waals surface area contributed by atoms with Crippen molar-refractivity contribution in [2.75, 3.05) is 19.5 Å². The van der Waals surface area contributed by atoms with Crippen LogP contribution in [0.15, 0.2) is 11.4 Å². The number of carboxylic acids is 1. The first-order valence-corrected chi connectivity index (χ1v) is 7.05. The van der Waals surface area contributed by atoms with Gasteiger partial charge in [-0.2, -0.15) is 0 Å². The first-order valence-electron chi connectivity index (χ1n) is 6.07. The van der Waals surface area contributed by atoms with Crippen LogP contribution in [0.2, 0.25) is 0 Å². The topological polar surface area (TPSA) is 64.3 Å². The maximum atomic E-state index is 10.6. The number of hydrogen-bond donors (Lipinski definition) is 1. The number of aliphatic carboxylic acids is 1. The number of imidazole rings is 1. The number of nitrogens with zero attached hydrogens (tertiary/aromatic N) is 2. The molecule has 0 aliphatic heterocycles. The summed E-state index contributed by atoms with van der Waals surface area (Å²) in [5, 5.41) is 9.50. The molecule has 0 amide bonds. The monoisotopic (exact) mass is 272 g/mol. The number of carboxylic acid groups (broad SMARTS) is 1. The van der Waals surface area contributed by atoms with Crippen molar-refractivity contribution in [3.63, 3.8) is 0 Å². The van der Waals surface area contributed by atoms with E-state index < -0.39 is 5.97 Å². The van der Waals surface area contributed by atoms with Gasteiger partial charge < -0.3 is 14.4 Å². The van der Waals surface area contributed by atoms with E-state index in [1.165, 1.54) is 11.8 Å². The summed E-state index contributed by atoms with van der Waals surface area (Å²) in [6.45, 7) is 3.70. The Morgan fingerprint density at radius 3 is 2.94 bits per heavy atom. The van der Waals surface area contributed by atoms with E-state index in [1.807, 2.05) is 6.20 Å². The summed E-state index contributed by atoms with van der Waals surface area (Å²) in [6.07, 6.45) is 4.75. The number of carbonyl (C=O) groups is 1. The van der Waals surface area contributed by atoms with Gasteiger partial charge in [-0.3, -0.25) is 4.79 Å². The molecule has 0 aliphatic rings. The van der Waals surface area contributed by atoms with E-state index >= 15 is 0 Å². The number of hydrogen-bond acceptors (Lipinski definition) is 4. The molecule has 0 radical (unpaired) electrons. The molecule has 6 heteroatoms. The van der Waals surface area contributed by atoms with Crippen LogP contribution in [0.25, 0.3) is 0 Å². The minimum atomic E-state index is -0.813. The molecule has 1 N–H and O–H groups in total. The molecule has 0 saturated carbocycles. The molecular weight excluding hydrogens is 252 g/mol. The standard InChI is InChI=1S/C12H20N2O3S/c1-3-10-8-13-12(18-9-11(15)16)14(10)6-4-5-7-17-2/h8H,3-7,9H2,1-2H3,(H,15,16). The molecular formula is C12H20N2O3S. The van der Waals surface area contributed by atoms with Crippen LogP contribution in [-0.4, -0.2) is 40.1 Å². The minimum absolute atomic E-state index is 0.0538. The summed E-state index contributed by atoms with van der Waals surface area (Å²) in [7, 11) is 1.70. The molecule has 102 valence electrons. The zero-order valence-corrected chi connectivity index (χ0v) is 11.7. The second-order valence-corrected chi connectivity index (χ2v) is 4.86. The van der Waals surface area contributed by atoms with Gasteiger partial charge in [0.05, 0.1) is 5.75 Å². The summed E-state index contributed by atoms with van der Waals surface area (Å²) >= 11 is 1.28. The third-order valence-electron chi connectivity index (χ3n) is 2.57. The van der Waals surface area contributed by atoms with Crippen LogP contribution in [0.1, 0.15) is 25.5 Å². The van der Waals surface area contributed by atoms with Crippen LogP contribution in [0, 0.1) is 0 Å². The lowest BCUT2D eigenvalue weighted by molar-refractivity contribution is -0.133. The fraction of sp³-hybridized carbons (Fsp3) is 0.667. The van der Waals surface area contributed by atoms with Gasteiger partial charge in [0, 0.05) is 32.2 Å². The lowest BCUT2D eigenvalue weighted by atomic mass is 10.3. The Labute approximate surface area is 112 Å². The van der Waals surface area contributed by atoms with Crippen LogP contribution in [0.4, 0.5) is 0 Å². The molecule has 0 unspecified atom stereocenters. The fourth-order valence-electron chi connectivity index (χ4n) is 1.67. The van der Waals surface area contributed by atoms with E-state index in [2.05, 4.69) is 16.5 Å². The molecule has 18 heavy (non-hydrogen) atoms. The average molecular weight is 272 g/mol. The highest BCUT2D eigenvalue weighted by atomic mass is 32.2. The van der Waals surface area contributed by atoms with Gasteiger partial charge in [-0.05, 0) is 19.3 Å². The molecule has 0 saturated heterocycles. The fourth-order valence-corrected chi connectivity index (χ4v) is 2.42. The van der Waals surface area contributed by atoms with Crippen LogP contribution in [0.5, 0.6) is 0 Å². The number of aromatic nitrogens is 2. The number of rotatable bonds is 9. The van der Waals surface area contributed by atoms with Crippen LogP contribution >= 0.6 is 11.8 Å². The Kier molecular flexibility index (Phi) is 6.82. The lowest BCUT2D eigenvalue weighted by Crippen LogP contribution is -2.07. The molecule has 1 aromatic rings. The number of unbranched alkanes of at least 4 members (excludes halogenated alkanes) is 1. The van der Waals surface area contributed by atoms with Crippen molar-refractivity contribution in [2.45, 2.75) is 37.9 Å². The maximum absolute atomic E-state index is 10.6. The average Bonchev–Trinajstić information content (AvgIpc) is 2.74. The van der Waals surface area contributed by atoms with E-state index in [-0.39, 0.29) is 5.75 Å². The summed E-state index contributed by atoms with van der Waals surface area (Å²) < 4.78 is 7.13. The van der Waals surface area contributed by atoms with E-state index in [4.69, 9.17) is 9.84 Å². The number of methoxy groups -OCH3 is 1. The molecule has 0 spiro atoms. The number of thioether (sulfide) groups is 1. The summed E-state index contributed by atoms with van der Waals surface area (Å²) in [5.74, 6) is -0.759. The molecule has 0 bridgehead atoms. The second kappa shape index (κ2) is 8.16. The zero-order valence-electron chi connectivity index (χ0n) is 10.9. The maximum Gasteiger partial charge on any atom is 0.313 e. The number of ether oxygens (including phenoxy) is 1. The van der Waals surface area contributed by atoms with E-state index in [0.29, 0.717) is 0 Å². The van der Waals surface area contributed by atoms with Crippen molar-refractivity contribution in [1.29, 1.82) is 0 Å². The molecule has 5 nitrogen and oxygen atoms in total. The van der Waals surface area contributed by atoms with Gasteiger partial charge in [0.1, 0.15) is 0 Å². The highest BCUT2D eigenvalue weighted by Crippen LogP contribution is 2.19. The Hall–Kier alpha value is -1.01. The van der Waals surface area contributed by atoms with Gasteiger partial charge in [-0.25, -0.2) is 4.98 Å². The van der Waals surface area contributed by atoms with E-state index in [9.17, 15) is 4.79 Å². The SMILES string of the molecule is CCc1cnc(SCC(=O)O)n1CCCCOC. The van der Waals surface area contributed by atoms with Crippen molar-refractivity contribution in [3.05, 3.63) is 11.9 Å². The largest absolute Gasteiger partial charge is 0.481 e. The Morgan fingerprint density at radius 2 is 2.33 bits per heavy atom. The predicted octanol–water partition coefficient (Wildman–Crippen LogP) is 2.05. The third-order valence-corrected chi connectivity index (χ3v) is 3.54. The Bertz CT molecular complexity index is 379. The van der Waals surface area contributed by atoms with Gasteiger partial charge >= 0.3 is 5.97 Å². The van der Waals surface area contributed by atoms with Crippen molar-refractivity contribution in [1.82, 2.24) is 9.55 Å². The van der Waals surface area contributed by atoms with Crippen molar-refractivity contribution in [2.24, 2.45) is 0 Å². The number of aryl methyl sites for hydroxylation is 1. The van der Waals surface area contributed by atoms with Gasteiger partial charge in [-0.1, -0.05) is 18.7 Å². The van der Waals surface area contributed by atoms with Gasteiger partial charge in [0.25, 0.3) is 0 Å².